The first kappa shape index (κ1) is 58.6. The van der Waals surface area contributed by atoms with Gasteiger partial charge in [0.15, 0.2) is 12.4 Å². The molecule has 1 heterocycles. The van der Waals surface area contributed by atoms with Gasteiger partial charge in [-0.2, -0.15) is 0 Å². The zero-order valence-corrected chi connectivity index (χ0v) is 40.5. The van der Waals surface area contributed by atoms with E-state index < -0.39 is 71.2 Å². The van der Waals surface area contributed by atoms with E-state index in [-0.39, 0.29) is 49.0 Å². The van der Waals surface area contributed by atoms with Gasteiger partial charge in [0, 0.05) is 12.8 Å². The number of ether oxygens (including phenoxy) is 4. The minimum atomic E-state index is -4.85. The van der Waals surface area contributed by atoms with E-state index in [0.29, 0.717) is 12.8 Å². The molecule has 59 heavy (non-hydrogen) atoms. The molecule has 0 aromatic rings. The van der Waals surface area contributed by atoms with Gasteiger partial charge in [-0.1, -0.05) is 194 Å². The summed E-state index contributed by atoms with van der Waals surface area (Å²) in [7, 11) is -4.85. The molecule has 0 bridgehead atoms. The number of rotatable bonds is 40. The van der Waals surface area contributed by atoms with Crippen LogP contribution in [-0.4, -0.2) is 96.0 Å². The van der Waals surface area contributed by atoms with Gasteiger partial charge in [-0.25, -0.2) is 8.42 Å². The van der Waals surface area contributed by atoms with E-state index in [4.69, 9.17) is 18.9 Å². The first-order valence-electron chi connectivity index (χ1n) is 23.6. The van der Waals surface area contributed by atoms with Crippen LogP contribution in [0.2, 0.25) is 0 Å². The van der Waals surface area contributed by atoms with Crippen molar-refractivity contribution in [2.45, 2.75) is 256 Å². The van der Waals surface area contributed by atoms with E-state index in [1.54, 1.807) is 0 Å². The molecule has 12 nitrogen and oxygen atoms in total. The Morgan fingerprint density at radius 1 is 0.542 bits per heavy atom. The third kappa shape index (κ3) is 33.8. The number of hydrogen-bond donors (Lipinski definition) is 3. The third-order valence-corrected chi connectivity index (χ3v) is 11.9. The number of esters is 2. The quantitative estimate of drug-likeness (QED) is 0.0269. The van der Waals surface area contributed by atoms with Crippen molar-refractivity contribution >= 4 is 22.1 Å². The maximum Gasteiger partial charge on any atom is 1.00 e. The van der Waals surface area contributed by atoms with E-state index >= 15 is 0 Å². The van der Waals surface area contributed by atoms with Crippen LogP contribution in [0.4, 0.5) is 0 Å². The van der Waals surface area contributed by atoms with Crippen LogP contribution in [0.1, 0.15) is 219 Å². The molecular weight excluding hydrogens is 788 g/mol. The fraction of sp³-hybridized carbons (Fsp3) is 0.956. The SMILES string of the molecule is CCCCCCCCCCCCCCCCCC(=O)OC[C@H](CO[C@H]1O[C@H](CS(=O)(=O)[O-])[C@@H](O)[C@H](O)[C@H]1O)OC(=O)CCCCCCCCCCCCCCCCC.[Na+]. The number of hydrogen-bond acceptors (Lipinski definition) is 12. The van der Waals surface area contributed by atoms with Gasteiger partial charge in [-0.15, -0.1) is 0 Å². The normalized spacial score (nSPS) is 19.9. The maximum absolute atomic E-state index is 12.8. The predicted octanol–water partition coefficient (Wildman–Crippen LogP) is 6.34. The van der Waals surface area contributed by atoms with Crippen LogP contribution >= 0.6 is 0 Å². The Balaban J connectivity index is 0.0000336. The molecular formula is C45H85NaO12S. The molecule has 344 valence electrons. The van der Waals surface area contributed by atoms with E-state index in [1.807, 2.05) is 0 Å². The molecule has 6 atom stereocenters. The Labute approximate surface area is 381 Å². The minimum absolute atomic E-state index is 0. The summed E-state index contributed by atoms with van der Waals surface area (Å²) < 4.78 is 55.9. The van der Waals surface area contributed by atoms with Crippen LogP contribution in [0, 0.1) is 0 Å². The van der Waals surface area contributed by atoms with Gasteiger partial charge in [-0.05, 0) is 12.8 Å². The summed E-state index contributed by atoms with van der Waals surface area (Å²) in [6.07, 6.45) is 26.8. The third-order valence-electron chi connectivity index (χ3n) is 11.2. The summed E-state index contributed by atoms with van der Waals surface area (Å²) in [4.78, 5) is 25.4. The fourth-order valence-corrected chi connectivity index (χ4v) is 8.17. The van der Waals surface area contributed by atoms with E-state index in [9.17, 15) is 37.9 Å². The molecule has 0 radical (unpaired) electrons. The Kier molecular flexibility index (Phi) is 39.0. The zero-order chi connectivity index (χ0) is 42.7. The Hall–Kier alpha value is -0.350. The minimum Gasteiger partial charge on any atom is -0.748 e. The van der Waals surface area contributed by atoms with E-state index in [1.165, 1.54) is 141 Å². The van der Waals surface area contributed by atoms with Crippen molar-refractivity contribution in [3.8, 4) is 0 Å². The van der Waals surface area contributed by atoms with Gasteiger partial charge < -0.3 is 38.8 Å². The van der Waals surface area contributed by atoms with Gasteiger partial charge >= 0.3 is 41.5 Å². The number of aliphatic hydroxyl groups is 3. The summed E-state index contributed by atoms with van der Waals surface area (Å²) >= 11 is 0. The smallest absolute Gasteiger partial charge is 0.748 e. The van der Waals surface area contributed by atoms with Crippen molar-refractivity contribution < 1.29 is 86.4 Å². The van der Waals surface area contributed by atoms with E-state index in [0.717, 1.165) is 38.5 Å². The fourth-order valence-electron chi connectivity index (χ4n) is 7.50. The molecule has 0 amide bonds. The summed E-state index contributed by atoms with van der Waals surface area (Å²) in [6, 6.07) is 0. The second-order valence-corrected chi connectivity index (χ2v) is 18.2. The van der Waals surface area contributed by atoms with Crippen LogP contribution in [0.15, 0.2) is 0 Å². The first-order valence-corrected chi connectivity index (χ1v) is 25.2. The average molecular weight is 873 g/mol. The van der Waals surface area contributed by atoms with Crippen molar-refractivity contribution in [2.75, 3.05) is 19.0 Å². The number of aliphatic hydroxyl groups excluding tert-OH is 3. The average Bonchev–Trinajstić information content (AvgIpc) is 3.18. The molecule has 1 fully saturated rings. The van der Waals surface area contributed by atoms with Crippen molar-refractivity contribution in [1.29, 1.82) is 0 Å². The Morgan fingerprint density at radius 3 is 1.27 bits per heavy atom. The monoisotopic (exact) mass is 873 g/mol. The number of carbonyl (C=O) groups excluding carboxylic acids is 2. The topological polar surface area (TPSA) is 189 Å². The van der Waals surface area contributed by atoms with Gasteiger partial charge in [0.25, 0.3) is 0 Å². The van der Waals surface area contributed by atoms with Crippen molar-refractivity contribution in [2.24, 2.45) is 0 Å². The van der Waals surface area contributed by atoms with Crippen molar-refractivity contribution in [3.05, 3.63) is 0 Å². The molecule has 0 saturated carbocycles. The molecule has 0 aromatic carbocycles. The Bertz CT molecular complexity index is 1100. The number of unbranched alkanes of at least 4 members (excludes halogenated alkanes) is 28. The molecule has 1 aliphatic rings. The van der Waals surface area contributed by atoms with Gasteiger partial charge in [0.1, 0.15) is 31.0 Å². The predicted molar refractivity (Wildman–Crippen MR) is 227 cm³/mol. The summed E-state index contributed by atoms with van der Waals surface area (Å²) in [6.45, 7) is 3.76. The van der Waals surface area contributed by atoms with Crippen LogP contribution in [-0.2, 0) is 38.7 Å². The number of carbonyl (C=O) groups is 2. The summed E-state index contributed by atoms with van der Waals surface area (Å²) in [5.41, 5.74) is 0. The summed E-state index contributed by atoms with van der Waals surface area (Å²) in [5, 5.41) is 30.8. The van der Waals surface area contributed by atoms with Crippen LogP contribution < -0.4 is 29.6 Å². The van der Waals surface area contributed by atoms with Crippen molar-refractivity contribution in [3.63, 3.8) is 0 Å². The second kappa shape index (κ2) is 39.3. The molecule has 1 aliphatic heterocycles. The van der Waals surface area contributed by atoms with Crippen LogP contribution in [0.3, 0.4) is 0 Å². The van der Waals surface area contributed by atoms with Crippen molar-refractivity contribution in [1.82, 2.24) is 0 Å². The summed E-state index contributed by atoms with van der Waals surface area (Å²) in [5.74, 6) is -2.09. The molecule has 3 N–H and O–H groups in total. The first-order chi connectivity index (χ1) is 28.0. The molecule has 0 aromatic heterocycles. The molecule has 0 unspecified atom stereocenters. The van der Waals surface area contributed by atoms with E-state index in [2.05, 4.69) is 13.8 Å². The molecule has 1 rings (SSSR count). The van der Waals surface area contributed by atoms with Gasteiger partial charge in [-0.3, -0.25) is 9.59 Å². The van der Waals surface area contributed by atoms with Crippen LogP contribution in [0.25, 0.3) is 0 Å². The molecule has 1 saturated heterocycles. The maximum atomic E-state index is 12.8. The molecule has 0 aliphatic carbocycles. The van der Waals surface area contributed by atoms with Gasteiger partial charge in [0.2, 0.25) is 0 Å². The molecule has 14 heteroatoms. The largest absolute Gasteiger partial charge is 1.00 e. The molecule has 0 spiro atoms. The van der Waals surface area contributed by atoms with Gasteiger partial charge in [0.05, 0.1) is 22.5 Å². The standard InChI is InChI=1S/C45H86O12S.Na/c1-3-5-7-9-11-13-15-17-19-21-23-25-27-29-31-33-40(46)54-35-38(36-55-45-44(50)43(49)42(48)39(57-45)37-58(51,52)53)56-41(47)34-32-30-28-26-24-22-20-18-16-14-12-10-8-6-4-2;/h38-39,42-45,48-50H,3-37H2,1-2H3,(H,51,52,53);/q;+1/p-1/t38-,39-,42-,43+,44-,45+;/m1./s1. The second-order valence-electron chi connectivity index (χ2n) is 16.8. The Morgan fingerprint density at radius 2 is 0.898 bits per heavy atom. The zero-order valence-electron chi connectivity index (χ0n) is 37.6. The van der Waals surface area contributed by atoms with Crippen LogP contribution in [0.5, 0.6) is 0 Å².